The molecule has 0 unspecified atom stereocenters. The van der Waals surface area contributed by atoms with Gasteiger partial charge in [0.1, 0.15) is 0 Å². The smallest absolute Gasteiger partial charge is 0.271 e. The minimum atomic E-state index is -0.386. The van der Waals surface area contributed by atoms with Gasteiger partial charge in [0.2, 0.25) is 0 Å². The van der Waals surface area contributed by atoms with Crippen LogP contribution in [-0.2, 0) is 4.79 Å². The van der Waals surface area contributed by atoms with E-state index in [0.717, 1.165) is 5.56 Å². The summed E-state index contributed by atoms with van der Waals surface area (Å²) in [5, 5.41) is 0. The summed E-state index contributed by atoms with van der Waals surface area (Å²) in [4.78, 5) is 10.9. The van der Waals surface area contributed by atoms with Gasteiger partial charge in [0.05, 0.1) is 6.61 Å². The Hall–Kier alpha value is -1.75. The molecule has 0 saturated heterocycles. The highest BCUT2D eigenvalue weighted by Gasteiger charge is 2.07. The molecule has 0 aliphatic rings. The van der Waals surface area contributed by atoms with Gasteiger partial charge < -0.3 is 9.47 Å². The van der Waals surface area contributed by atoms with E-state index < -0.39 is 0 Å². The van der Waals surface area contributed by atoms with E-state index in [0.29, 0.717) is 18.1 Å². The molecule has 0 aliphatic heterocycles. The third-order valence-electron chi connectivity index (χ3n) is 1.92. The topological polar surface area (TPSA) is 73.6 Å². The molecule has 0 atom stereocenters. The lowest BCUT2D eigenvalue weighted by atomic mass is 10.2. The van der Waals surface area contributed by atoms with Crippen molar-refractivity contribution in [1.29, 1.82) is 0 Å². The van der Waals surface area contributed by atoms with Gasteiger partial charge in [-0.25, -0.2) is 5.84 Å². The highest BCUT2D eigenvalue weighted by molar-refractivity contribution is 5.76. The first-order valence-electron chi connectivity index (χ1n) is 5.03. The SMILES string of the molecule is CCOc1cc(C)ccc1OCC(=O)NN. The maximum absolute atomic E-state index is 10.9. The molecular weight excluding hydrogens is 208 g/mol. The minimum Gasteiger partial charge on any atom is -0.490 e. The molecule has 88 valence electrons. The lowest BCUT2D eigenvalue weighted by Crippen LogP contribution is -2.34. The molecule has 3 N–H and O–H groups in total. The van der Waals surface area contributed by atoms with Crippen LogP contribution < -0.4 is 20.7 Å². The van der Waals surface area contributed by atoms with Crippen LogP contribution in [0, 0.1) is 6.92 Å². The summed E-state index contributed by atoms with van der Waals surface area (Å²) in [6, 6.07) is 5.52. The van der Waals surface area contributed by atoms with Crippen molar-refractivity contribution in [3.05, 3.63) is 23.8 Å². The predicted molar refractivity (Wildman–Crippen MR) is 60.2 cm³/mol. The van der Waals surface area contributed by atoms with E-state index in [1.54, 1.807) is 6.07 Å². The zero-order chi connectivity index (χ0) is 12.0. The van der Waals surface area contributed by atoms with Crippen LogP contribution in [0.5, 0.6) is 11.5 Å². The molecule has 5 heteroatoms. The van der Waals surface area contributed by atoms with Crippen molar-refractivity contribution in [2.24, 2.45) is 5.84 Å². The summed E-state index contributed by atoms with van der Waals surface area (Å²) in [5.41, 5.74) is 3.06. The fraction of sp³-hybridized carbons (Fsp3) is 0.364. The zero-order valence-corrected chi connectivity index (χ0v) is 9.45. The van der Waals surface area contributed by atoms with Crippen molar-refractivity contribution in [1.82, 2.24) is 5.43 Å². The Labute approximate surface area is 94.5 Å². The van der Waals surface area contributed by atoms with Crippen molar-refractivity contribution >= 4 is 5.91 Å². The van der Waals surface area contributed by atoms with Gasteiger partial charge in [-0.15, -0.1) is 0 Å². The van der Waals surface area contributed by atoms with E-state index in [1.165, 1.54) is 0 Å². The van der Waals surface area contributed by atoms with E-state index >= 15 is 0 Å². The minimum absolute atomic E-state index is 0.125. The number of benzene rings is 1. The molecular formula is C11H16N2O3. The number of aryl methyl sites for hydroxylation is 1. The number of amides is 1. The Morgan fingerprint density at radius 3 is 2.75 bits per heavy atom. The van der Waals surface area contributed by atoms with Crippen molar-refractivity contribution in [3.8, 4) is 11.5 Å². The van der Waals surface area contributed by atoms with Gasteiger partial charge in [-0.2, -0.15) is 0 Å². The van der Waals surface area contributed by atoms with E-state index in [1.807, 2.05) is 31.4 Å². The van der Waals surface area contributed by atoms with Crippen LogP contribution in [0.4, 0.5) is 0 Å². The second kappa shape index (κ2) is 5.97. The third kappa shape index (κ3) is 3.43. The van der Waals surface area contributed by atoms with Crippen molar-refractivity contribution in [3.63, 3.8) is 0 Å². The average molecular weight is 224 g/mol. The molecule has 0 saturated carbocycles. The predicted octanol–water partition coefficient (Wildman–Crippen LogP) is 0.762. The summed E-state index contributed by atoms with van der Waals surface area (Å²) in [5.74, 6) is 5.73. The van der Waals surface area contributed by atoms with Crippen LogP contribution in [0.15, 0.2) is 18.2 Å². The van der Waals surface area contributed by atoms with E-state index in [4.69, 9.17) is 15.3 Å². The van der Waals surface area contributed by atoms with Gasteiger partial charge >= 0.3 is 0 Å². The zero-order valence-electron chi connectivity index (χ0n) is 9.45. The molecule has 0 aromatic heterocycles. The lowest BCUT2D eigenvalue weighted by molar-refractivity contribution is -0.123. The number of hydrogen-bond donors (Lipinski definition) is 2. The fourth-order valence-electron chi connectivity index (χ4n) is 1.19. The first-order chi connectivity index (χ1) is 7.67. The Bertz CT molecular complexity index is 366. The summed E-state index contributed by atoms with van der Waals surface area (Å²) in [6.07, 6.45) is 0. The number of nitrogens with one attached hydrogen (secondary N) is 1. The first kappa shape index (κ1) is 12.3. The quantitative estimate of drug-likeness (QED) is 0.440. The Morgan fingerprint density at radius 2 is 2.12 bits per heavy atom. The van der Waals surface area contributed by atoms with Gasteiger partial charge in [0.25, 0.3) is 5.91 Å². The Morgan fingerprint density at radius 1 is 1.38 bits per heavy atom. The van der Waals surface area contributed by atoms with Crippen molar-refractivity contribution < 1.29 is 14.3 Å². The standard InChI is InChI=1S/C11H16N2O3/c1-3-15-10-6-8(2)4-5-9(10)16-7-11(14)13-12/h4-6H,3,7,12H2,1-2H3,(H,13,14). The number of carbonyl (C=O) groups excluding carboxylic acids is 1. The fourth-order valence-corrected chi connectivity index (χ4v) is 1.19. The number of hydrazine groups is 1. The van der Waals surface area contributed by atoms with Crippen LogP contribution in [-0.4, -0.2) is 19.1 Å². The van der Waals surface area contributed by atoms with Gasteiger partial charge in [0.15, 0.2) is 18.1 Å². The van der Waals surface area contributed by atoms with E-state index in [2.05, 4.69) is 0 Å². The maximum Gasteiger partial charge on any atom is 0.271 e. The van der Waals surface area contributed by atoms with Crippen LogP contribution in [0.1, 0.15) is 12.5 Å². The van der Waals surface area contributed by atoms with Crippen LogP contribution >= 0.6 is 0 Å². The molecule has 1 rings (SSSR count). The molecule has 5 nitrogen and oxygen atoms in total. The number of rotatable bonds is 5. The first-order valence-corrected chi connectivity index (χ1v) is 5.03. The largest absolute Gasteiger partial charge is 0.490 e. The normalized spacial score (nSPS) is 9.69. The van der Waals surface area contributed by atoms with Gasteiger partial charge in [0, 0.05) is 0 Å². The second-order valence-electron chi connectivity index (χ2n) is 3.24. The molecule has 0 spiro atoms. The van der Waals surface area contributed by atoms with Crippen LogP contribution in [0.2, 0.25) is 0 Å². The van der Waals surface area contributed by atoms with Gasteiger partial charge in [-0.05, 0) is 31.5 Å². The molecule has 0 aliphatic carbocycles. The molecule has 16 heavy (non-hydrogen) atoms. The summed E-state index contributed by atoms with van der Waals surface area (Å²) in [7, 11) is 0. The highest BCUT2D eigenvalue weighted by atomic mass is 16.5. The Balaban J connectivity index is 2.73. The monoisotopic (exact) mass is 224 g/mol. The molecule has 0 heterocycles. The van der Waals surface area contributed by atoms with Crippen molar-refractivity contribution in [2.45, 2.75) is 13.8 Å². The molecule has 0 bridgehead atoms. The van der Waals surface area contributed by atoms with Crippen LogP contribution in [0.25, 0.3) is 0 Å². The third-order valence-corrected chi connectivity index (χ3v) is 1.92. The molecule has 1 amide bonds. The summed E-state index contributed by atoms with van der Waals surface area (Å²) < 4.78 is 10.7. The summed E-state index contributed by atoms with van der Waals surface area (Å²) in [6.45, 7) is 4.26. The Kier molecular flexibility index (Phi) is 4.60. The number of ether oxygens (including phenoxy) is 2. The van der Waals surface area contributed by atoms with Gasteiger partial charge in [-0.1, -0.05) is 6.07 Å². The average Bonchev–Trinajstić information content (AvgIpc) is 2.28. The molecule has 1 aromatic carbocycles. The van der Waals surface area contributed by atoms with Crippen molar-refractivity contribution in [2.75, 3.05) is 13.2 Å². The van der Waals surface area contributed by atoms with Crippen LogP contribution in [0.3, 0.4) is 0 Å². The van der Waals surface area contributed by atoms with E-state index in [9.17, 15) is 4.79 Å². The summed E-state index contributed by atoms with van der Waals surface area (Å²) >= 11 is 0. The molecule has 0 fully saturated rings. The number of carbonyl (C=O) groups is 1. The highest BCUT2D eigenvalue weighted by Crippen LogP contribution is 2.28. The molecule has 1 aromatic rings. The second-order valence-corrected chi connectivity index (χ2v) is 3.24. The molecule has 0 radical (unpaired) electrons. The number of hydrogen-bond acceptors (Lipinski definition) is 4. The van der Waals surface area contributed by atoms with E-state index in [-0.39, 0.29) is 12.5 Å². The van der Waals surface area contributed by atoms with Gasteiger partial charge in [-0.3, -0.25) is 10.2 Å². The maximum atomic E-state index is 10.9. The number of nitrogens with two attached hydrogens (primary N) is 1. The lowest BCUT2D eigenvalue weighted by Gasteiger charge is -2.11.